The molecule has 0 saturated heterocycles. The van der Waals surface area contributed by atoms with Gasteiger partial charge in [-0.1, -0.05) is 19.4 Å². The standard InChI is InChI=1S/C21H30O2/c1-18-8-6-15(22)10-13(18)4-5-17-16(18)7-9-19(2)20(3,23)11-14-12-21(14,17)19/h10,14,16-17,23H,4-9,11-12H2,1-3H3/t14-,16-,17+,18-,19+,20-,21+/m0/s1. The molecule has 0 bridgehead atoms. The van der Waals surface area contributed by atoms with E-state index < -0.39 is 5.60 Å². The average molecular weight is 314 g/mol. The van der Waals surface area contributed by atoms with Gasteiger partial charge in [0.15, 0.2) is 5.78 Å². The van der Waals surface area contributed by atoms with Gasteiger partial charge in [-0.15, -0.1) is 0 Å². The van der Waals surface area contributed by atoms with Gasteiger partial charge in [0.25, 0.3) is 0 Å². The first-order valence-corrected chi connectivity index (χ1v) is 9.71. The van der Waals surface area contributed by atoms with E-state index >= 15 is 0 Å². The van der Waals surface area contributed by atoms with Crippen molar-refractivity contribution in [2.45, 2.75) is 77.7 Å². The summed E-state index contributed by atoms with van der Waals surface area (Å²) in [5.74, 6) is 2.62. The van der Waals surface area contributed by atoms with Crippen LogP contribution in [0.3, 0.4) is 0 Å². The van der Waals surface area contributed by atoms with E-state index in [0.717, 1.165) is 43.4 Å². The first kappa shape index (κ1) is 14.7. The second-order valence-electron chi connectivity index (χ2n) is 10.1. The molecule has 0 unspecified atom stereocenters. The van der Waals surface area contributed by atoms with Crippen LogP contribution < -0.4 is 0 Å². The number of fused-ring (bicyclic) bond motifs is 3. The maximum Gasteiger partial charge on any atom is 0.155 e. The number of ketones is 1. The predicted molar refractivity (Wildman–Crippen MR) is 89.8 cm³/mol. The molecule has 0 aliphatic heterocycles. The number of allylic oxidation sites excluding steroid dienone is 1. The molecule has 4 fully saturated rings. The minimum absolute atomic E-state index is 0.119. The quantitative estimate of drug-likeness (QED) is 0.725. The number of hydrogen-bond acceptors (Lipinski definition) is 2. The molecule has 2 nitrogen and oxygen atoms in total. The fourth-order valence-electron chi connectivity index (χ4n) is 8.14. The molecule has 0 amide bonds. The summed E-state index contributed by atoms with van der Waals surface area (Å²) in [5, 5.41) is 11.1. The normalized spacial score (nSPS) is 60.3. The minimum Gasteiger partial charge on any atom is -0.390 e. The van der Waals surface area contributed by atoms with E-state index in [4.69, 9.17) is 0 Å². The molecule has 4 saturated carbocycles. The van der Waals surface area contributed by atoms with Gasteiger partial charge in [0.2, 0.25) is 0 Å². The Morgan fingerprint density at radius 3 is 2.61 bits per heavy atom. The highest BCUT2D eigenvalue weighted by molar-refractivity contribution is 5.91. The van der Waals surface area contributed by atoms with Crippen LogP contribution in [0.15, 0.2) is 11.6 Å². The van der Waals surface area contributed by atoms with Gasteiger partial charge >= 0.3 is 0 Å². The van der Waals surface area contributed by atoms with E-state index in [1.54, 1.807) is 0 Å². The summed E-state index contributed by atoms with van der Waals surface area (Å²) in [6, 6.07) is 0. The highest BCUT2D eigenvalue weighted by Gasteiger charge is 2.80. The molecule has 5 rings (SSSR count). The van der Waals surface area contributed by atoms with Crippen molar-refractivity contribution in [1.82, 2.24) is 0 Å². The Labute approximate surface area is 139 Å². The van der Waals surface area contributed by atoms with Crippen molar-refractivity contribution in [3.63, 3.8) is 0 Å². The summed E-state index contributed by atoms with van der Waals surface area (Å²) in [7, 11) is 0. The molecule has 5 aliphatic carbocycles. The summed E-state index contributed by atoms with van der Waals surface area (Å²) in [5.41, 5.74) is 1.77. The second-order valence-corrected chi connectivity index (χ2v) is 10.1. The number of aliphatic hydroxyl groups is 1. The van der Waals surface area contributed by atoms with Gasteiger partial charge in [0.1, 0.15) is 0 Å². The van der Waals surface area contributed by atoms with Crippen LogP contribution in [-0.4, -0.2) is 16.5 Å². The number of carbonyl (C=O) groups is 1. The van der Waals surface area contributed by atoms with Crippen molar-refractivity contribution in [1.29, 1.82) is 0 Å². The van der Waals surface area contributed by atoms with Crippen LogP contribution in [0.2, 0.25) is 0 Å². The maximum atomic E-state index is 11.9. The Balaban J connectivity index is 1.58. The molecule has 0 aromatic carbocycles. The zero-order chi connectivity index (χ0) is 16.3. The van der Waals surface area contributed by atoms with Crippen LogP contribution in [0.4, 0.5) is 0 Å². The van der Waals surface area contributed by atoms with Gasteiger partial charge in [-0.05, 0) is 86.5 Å². The molecule has 5 aliphatic rings. The molecule has 7 atom stereocenters. The highest BCUT2D eigenvalue weighted by atomic mass is 16.3. The number of rotatable bonds is 0. The van der Waals surface area contributed by atoms with Crippen LogP contribution in [-0.2, 0) is 4.79 Å². The van der Waals surface area contributed by atoms with E-state index in [1.165, 1.54) is 31.3 Å². The highest BCUT2D eigenvalue weighted by Crippen LogP contribution is 2.84. The van der Waals surface area contributed by atoms with Gasteiger partial charge in [-0.3, -0.25) is 4.79 Å². The van der Waals surface area contributed by atoms with Gasteiger partial charge in [-0.2, -0.15) is 0 Å². The average Bonchev–Trinajstić information content (AvgIpc) is 3.13. The molecular weight excluding hydrogens is 284 g/mol. The lowest BCUT2D eigenvalue weighted by molar-refractivity contribution is -0.145. The Morgan fingerprint density at radius 1 is 1.04 bits per heavy atom. The third-order valence-corrected chi connectivity index (χ3v) is 9.62. The van der Waals surface area contributed by atoms with Gasteiger partial charge in [0, 0.05) is 11.8 Å². The van der Waals surface area contributed by atoms with Crippen LogP contribution >= 0.6 is 0 Å². The van der Waals surface area contributed by atoms with E-state index in [1.807, 2.05) is 6.08 Å². The molecule has 126 valence electrons. The summed E-state index contributed by atoms with van der Waals surface area (Å²) >= 11 is 0. The molecule has 2 heteroatoms. The lowest BCUT2D eigenvalue weighted by Crippen LogP contribution is -2.56. The van der Waals surface area contributed by atoms with E-state index in [-0.39, 0.29) is 10.8 Å². The van der Waals surface area contributed by atoms with Crippen molar-refractivity contribution in [3.05, 3.63) is 11.6 Å². The third kappa shape index (κ3) is 1.45. The molecule has 0 heterocycles. The molecule has 0 aromatic rings. The van der Waals surface area contributed by atoms with Crippen LogP contribution in [0.5, 0.6) is 0 Å². The lowest BCUT2D eigenvalue weighted by Gasteiger charge is -2.60. The predicted octanol–water partition coefficient (Wildman–Crippen LogP) is 4.27. The van der Waals surface area contributed by atoms with Crippen LogP contribution in [0, 0.1) is 34.0 Å². The molecule has 1 N–H and O–H groups in total. The van der Waals surface area contributed by atoms with E-state index in [2.05, 4.69) is 20.8 Å². The topological polar surface area (TPSA) is 37.3 Å². The van der Waals surface area contributed by atoms with Crippen molar-refractivity contribution >= 4 is 5.78 Å². The van der Waals surface area contributed by atoms with Gasteiger partial charge in [0.05, 0.1) is 5.60 Å². The smallest absolute Gasteiger partial charge is 0.155 e. The molecule has 23 heavy (non-hydrogen) atoms. The third-order valence-electron chi connectivity index (χ3n) is 9.62. The summed E-state index contributed by atoms with van der Waals surface area (Å²) < 4.78 is 0. The van der Waals surface area contributed by atoms with Gasteiger partial charge in [-0.25, -0.2) is 0 Å². The molecule has 1 spiro atoms. The largest absolute Gasteiger partial charge is 0.390 e. The molecule has 0 radical (unpaired) electrons. The zero-order valence-electron chi connectivity index (χ0n) is 14.8. The summed E-state index contributed by atoms with van der Waals surface area (Å²) in [4.78, 5) is 11.9. The number of carbonyl (C=O) groups excluding carboxylic acids is 1. The van der Waals surface area contributed by atoms with Gasteiger partial charge < -0.3 is 5.11 Å². The Morgan fingerprint density at radius 2 is 1.83 bits per heavy atom. The SMILES string of the molecule is C[C@]12CC[C@H]3[C@@H](CCC4=CC(=O)CC[C@@]43C)[C@]13C[C@@H]3C[C@]2(C)O. The van der Waals surface area contributed by atoms with Crippen molar-refractivity contribution < 1.29 is 9.90 Å². The molecular formula is C21H30O2. The Bertz CT molecular complexity index is 632. The van der Waals surface area contributed by atoms with E-state index in [9.17, 15) is 9.90 Å². The first-order chi connectivity index (χ1) is 10.7. The minimum atomic E-state index is -0.472. The Hall–Kier alpha value is -0.630. The fraction of sp³-hybridized carbons (Fsp3) is 0.857. The van der Waals surface area contributed by atoms with Crippen LogP contribution in [0.1, 0.15) is 72.1 Å². The van der Waals surface area contributed by atoms with Crippen molar-refractivity contribution in [2.75, 3.05) is 0 Å². The van der Waals surface area contributed by atoms with Crippen molar-refractivity contribution in [2.24, 2.45) is 34.0 Å². The Kier molecular flexibility index (Phi) is 2.52. The van der Waals surface area contributed by atoms with E-state index in [0.29, 0.717) is 11.2 Å². The zero-order valence-corrected chi connectivity index (χ0v) is 14.8. The second kappa shape index (κ2) is 3.95. The first-order valence-electron chi connectivity index (χ1n) is 9.71. The van der Waals surface area contributed by atoms with Crippen molar-refractivity contribution in [3.8, 4) is 0 Å². The fourth-order valence-corrected chi connectivity index (χ4v) is 8.14. The number of hydrogen-bond donors (Lipinski definition) is 1. The van der Waals surface area contributed by atoms with Crippen LogP contribution in [0.25, 0.3) is 0 Å². The monoisotopic (exact) mass is 314 g/mol. The maximum absolute atomic E-state index is 11.9. The molecule has 0 aromatic heterocycles. The lowest BCUT2D eigenvalue weighted by atomic mass is 9.44. The summed E-state index contributed by atoms with van der Waals surface area (Å²) in [6.45, 7) is 6.95. The summed E-state index contributed by atoms with van der Waals surface area (Å²) in [6.07, 6.45) is 11.0.